The second kappa shape index (κ2) is 18.2. The van der Waals surface area contributed by atoms with Crippen molar-refractivity contribution in [3.05, 3.63) is 115 Å². The number of aryl methyl sites for hydroxylation is 2. The van der Waals surface area contributed by atoms with Gasteiger partial charge in [0.2, 0.25) is 0 Å². The number of aromatic nitrogens is 1. The second-order valence-corrected chi connectivity index (χ2v) is 5.56. The van der Waals surface area contributed by atoms with Gasteiger partial charge in [0, 0.05) is 11.3 Å². The van der Waals surface area contributed by atoms with E-state index in [1.165, 1.54) is 11.1 Å². The van der Waals surface area contributed by atoms with Crippen molar-refractivity contribution in [2.75, 3.05) is 0 Å². The Morgan fingerprint density at radius 1 is 0.889 bits per heavy atom. The van der Waals surface area contributed by atoms with Crippen molar-refractivity contribution in [2.24, 2.45) is 0 Å². The van der Waals surface area contributed by atoms with Crippen LogP contribution in [0.4, 0.5) is 0 Å². The number of hydrogen-bond donors (Lipinski definition) is 1. The summed E-state index contributed by atoms with van der Waals surface area (Å²) in [4.78, 5) is 4.50. The van der Waals surface area contributed by atoms with Crippen molar-refractivity contribution in [3.8, 4) is 11.3 Å². The molecule has 0 radical (unpaired) electrons. The first-order valence-electron chi connectivity index (χ1n) is 8.41. The molecule has 0 amide bonds. The first-order chi connectivity index (χ1) is 12.6. The third-order valence-corrected chi connectivity index (χ3v) is 3.11. The minimum Gasteiger partial charge on any atom is -0.253 e. The van der Waals surface area contributed by atoms with Crippen molar-refractivity contribution < 1.29 is 0 Å². The van der Waals surface area contributed by atoms with Crippen molar-refractivity contribution >= 4 is 12.6 Å². The molecule has 0 aliphatic carbocycles. The Hall–Kier alpha value is -2.58. The fourth-order valence-electron chi connectivity index (χ4n) is 1.91. The molecule has 2 aromatic rings. The highest BCUT2D eigenvalue weighted by Gasteiger charge is 1.99. The van der Waals surface area contributed by atoms with Crippen molar-refractivity contribution in [1.82, 2.24) is 4.98 Å². The Balaban J connectivity index is 0. The molecule has 144 valence electrons. The van der Waals surface area contributed by atoms with Gasteiger partial charge in [0.25, 0.3) is 0 Å². The van der Waals surface area contributed by atoms with E-state index in [9.17, 15) is 0 Å². The highest BCUT2D eigenvalue weighted by Crippen LogP contribution is 2.18. The summed E-state index contributed by atoms with van der Waals surface area (Å²) in [7, 11) is 0. The van der Waals surface area contributed by atoms with Crippen molar-refractivity contribution in [1.29, 1.82) is 0 Å². The predicted octanol–water partition coefficient (Wildman–Crippen LogP) is 7.92. The van der Waals surface area contributed by atoms with Gasteiger partial charge in [-0.25, -0.2) is 0 Å². The van der Waals surface area contributed by atoms with Crippen LogP contribution in [0.15, 0.2) is 104 Å². The molecular weight excluding hydrogens is 346 g/mol. The smallest absolute Gasteiger partial charge is 0.0707 e. The topological polar surface area (TPSA) is 12.9 Å². The summed E-state index contributed by atoms with van der Waals surface area (Å²) < 4.78 is 0. The van der Waals surface area contributed by atoms with Gasteiger partial charge >= 0.3 is 0 Å². The molecule has 1 aromatic heterocycles. The lowest BCUT2D eigenvalue weighted by atomic mass is 10.1. The number of allylic oxidation sites excluding steroid dienone is 7. The highest BCUT2D eigenvalue weighted by molar-refractivity contribution is 7.83. The van der Waals surface area contributed by atoms with Gasteiger partial charge in [-0.05, 0) is 43.9 Å². The molecule has 0 fully saturated rings. The predicted molar refractivity (Wildman–Crippen MR) is 128 cm³/mol. The fraction of sp³-hybridized carbons (Fsp3) is 0.160. The number of hydrogen-bond acceptors (Lipinski definition) is 2. The molecule has 1 heterocycles. The van der Waals surface area contributed by atoms with Crippen LogP contribution in [-0.2, 0) is 0 Å². The molecule has 0 bridgehead atoms. The Labute approximate surface area is 172 Å². The van der Waals surface area contributed by atoms with Crippen molar-refractivity contribution in [3.63, 3.8) is 0 Å². The van der Waals surface area contributed by atoms with Crippen LogP contribution in [0.3, 0.4) is 0 Å². The lowest BCUT2D eigenvalue weighted by Crippen LogP contribution is -1.88. The quantitative estimate of drug-likeness (QED) is 0.420. The second-order valence-electron chi connectivity index (χ2n) is 5.26. The van der Waals surface area contributed by atoms with Gasteiger partial charge in [0.15, 0.2) is 0 Å². The monoisotopic (exact) mass is 379 g/mol. The zero-order valence-corrected chi connectivity index (χ0v) is 16.9. The maximum atomic E-state index is 4.50. The normalized spacial score (nSPS) is 9.78. The summed E-state index contributed by atoms with van der Waals surface area (Å²) in [6.07, 6.45) is 12.9. The maximum absolute atomic E-state index is 4.50. The minimum absolute atomic E-state index is 0. The molecule has 2 rings (SSSR count). The zero-order chi connectivity index (χ0) is 19.6. The van der Waals surface area contributed by atoms with Gasteiger partial charge in [-0.1, -0.05) is 93.4 Å². The summed E-state index contributed by atoms with van der Waals surface area (Å²) in [5.74, 6) is 0. The SMILES string of the molecule is C.C=C/C=C\C=C/C.C=C/C=C\S.Cc1cc(C)nc(-c2ccccc2)c1. The number of pyridine rings is 1. The third kappa shape index (κ3) is 14.3. The van der Waals surface area contributed by atoms with Crippen molar-refractivity contribution in [2.45, 2.75) is 28.2 Å². The van der Waals surface area contributed by atoms with Gasteiger partial charge < -0.3 is 0 Å². The number of rotatable bonds is 4. The van der Waals surface area contributed by atoms with E-state index in [4.69, 9.17) is 0 Å². The molecular formula is C25H33NS. The summed E-state index contributed by atoms with van der Waals surface area (Å²) in [6.45, 7) is 13.0. The Bertz CT molecular complexity index is 705. The minimum atomic E-state index is 0. The lowest BCUT2D eigenvalue weighted by molar-refractivity contribution is 1.18. The van der Waals surface area contributed by atoms with Gasteiger partial charge in [-0.2, -0.15) is 12.6 Å². The molecule has 0 atom stereocenters. The molecule has 0 aliphatic rings. The van der Waals surface area contributed by atoms with Crippen LogP contribution < -0.4 is 0 Å². The molecule has 1 aromatic carbocycles. The standard InChI is InChI=1S/C13H13N.C7H10.C4H6S.CH4/c1-10-8-11(2)14-13(9-10)12-6-4-3-5-7-12;1-3-5-7-6-4-2;1-2-3-4-5;/h3-9H,1-2H3;3-7H,1H2,2H3;2-5H,1H2;1H4/b;6-4-,7-5-;4-3-;. The summed E-state index contributed by atoms with van der Waals surface area (Å²) >= 11 is 3.75. The number of nitrogens with zero attached hydrogens (tertiary/aromatic N) is 1. The van der Waals surface area contributed by atoms with E-state index in [-0.39, 0.29) is 7.43 Å². The number of benzene rings is 1. The molecule has 0 saturated heterocycles. The van der Waals surface area contributed by atoms with E-state index in [0.29, 0.717) is 0 Å². The Morgan fingerprint density at radius 3 is 1.96 bits per heavy atom. The Kier molecular flexibility index (Phi) is 18.0. The lowest BCUT2D eigenvalue weighted by Gasteiger charge is -2.03. The van der Waals surface area contributed by atoms with Crippen LogP contribution >= 0.6 is 12.6 Å². The van der Waals surface area contributed by atoms with Gasteiger partial charge in [0.1, 0.15) is 0 Å². The van der Waals surface area contributed by atoms with Gasteiger partial charge in [0.05, 0.1) is 5.69 Å². The Morgan fingerprint density at radius 2 is 1.52 bits per heavy atom. The number of thiol groups is 1. The molecule has 0 saturated carbocycles. The summed E-state index contributed by atoms with van der Waals surface area (Å²) in [5, 5.41) is 1.63. The van der Waals surface area contributed by atoms with Gasteiger partial charge in [-0.15, -0.1) is 0 Å². The zero-order valence-electron chi connectivity index (χ0n) is 16.0. The molecule has 0 spiro atoms. The molecule has 2 heteroatoms. The molecule has 27 heavy (non-hydrogen) atoms. The van der Waals surface area contributed by atoms with Crippen LogP contribution in [0.1, 0.15) is 25.6 Å². The maximum Gasteiger partial charge on any atom is 0.0707 e. The van der Waals surface area contributed by atoms with Crippen LogP contribution in [0, 0.1) is 13.8 Å². The average Bonchev–Trinajstić information content (AvgIpc) is 2.64. The van der Waals surface area contributed by atoms with E-state index in [2.05, 4.69) is 62.0 Å². The van der Waals surface area contributed by atoms with E-state index in [1.807, 2.05) is 56.4 Å². The molecule has 1 nitrogen and oxygen atoms in total. The van der Waals surface area contributed by atoms with Gasteiger partial charge in [-0.3, -0.25) is 4.98 Å². The highest BCUT2D eigenvalue weighted by atomic mass is 32.1. The van der Waals surface area contributed by atoms with Crippen LogP contribution in [0.5, 0.6) is 0 Å². The van der Waals surface area contributed by atoms with Crippen LogP contribution in [-0.4, -0.2) is 4.98 Å². The first-order valence-corrected chi connectivity index (χ1v) is 8.93. The summed E-state index contributed by atoms with van der Waals surface area (Å²) in [6, 6.07) is 14.5. The molecule has 0 unspecified atom stereocenters. The molecule has 0 N–H and O–H groups in total. The van der Waals surface area contributed by atoms with E-state index < -0.39 is 0 Å². The molecule has 0 aliphatic heterocycles. The van der Waals surface area contributed by atoms with E-state index in [0.717, 1.165) is 11.4 Å². The fourth-order valence-corrected chi connectivity index (χ4v) is 2.03. The van der Waals surface area contributed by atoms with E-state index >= 15 is 0 Å². The largest absolute Gasteiger partial charge is 0.253 e. The van der Waals surface area contributed by atoms with Crippen LogP contribution in [0.25, 0.3) is 11.3 Å². The van der Waals surface area contributed by atoms with E-state index in [1.54, 1.807) is 23.6 Å². The summed E-state index contributed by atoms with van der Waals surface area (Å²) in [5.41, 5.74) is 4.57. The third-order valence-electron chi connectivity index (χ3n) is 2.94. The first kappa shape index (κ1) is 26.6. The average molecular weight is 380 g/mol. The van der Waals surface area contributed by atoms with Crippen LogP contribution in [0.2, 0.25) is 0 Å².